The minimum absolute atomic E-state index is 0.214. The van der Waals surface area contributed by atoms with Crippen LogP contribution in [0.4, 0.5) is 0 Å². The van der Waals surface area contributed by atoms with E-state index in [4.69, 9.17) is 5.26 Å². The molecule has 1 aromatic heterocycles. The zero-order chi connectivity index (χ0) is 8.97. The molecular formula is C8H5NO2S. The zero-order valence-corrected chi connectivity index (χ0v) is 6.93. The number of carbonyl (C=O) groups excluding carboxylic acids is 1. The maximum atomic E-state index is 10.9. The maximum absolute atomic E-state index is 10.9. The topological polar surface area (TPSA) is 50.1 Å². The lowest BCUT2D eigenvalue weighted by atomic mass is 10.2. The Bertz CT molecular complexity index is 334. The Morgan fingerprint density at radius 3 is 3.00 bits per heavy atom. The van der Waals surface area contributed by atoms with Crippen LogP contribution >= 0.6 is 11.3 Å². The van der Waals surface area contributed by atoms with E-state index in [1.165, 1.54) is 17.6 Å². The molecule has 0 saturated carbocycles. The predicted molar refractivity (Wildman–Crippen MR) is 45.1 cm³/mol. The summed E-state index contributed by atoms with van der Waals surface area (Å²) in [7, 11) is 0. The number of hydrogen-bond donors (Lipinski definition) is 0. The van der Waals surface area contributed by atoms with Crippen LogP contribution in [0.1, 0.15) is 4.88 Å². The van der Waals surface area contributed by atoms with Gasteiger partial charge in [-0.15, -0.1) is 16.6 Å². The molecule has 4 heteroatoms. The van der Waals surface area contributed by atoms with Crippen LogP contribution in [0.5, 0.6) is 0 Å². The molecule has 0 spiro atoms. The highest BCUT2D eigenvalue weighted by Crippen LogP contribution is 2.19. The molecule has 1 heterocycles. The molecule has 0 radical (unpaired) electrons. The average Bonchev–Trinajstić information content (AvgIpc) is 2.55. The highest BCUT2D eigenvalue weighted by atomic mass is 32.1. The molecule has 3 nitrogen and oxygen atoms in total. The molecular weight excluding hydrogens is 174 g/mol. The van der Waals surface area contributed by atoms with Gasteiger partial charge < -0.3 is 4.74 Å². The predicted octanol–water partition coefficient (Wildman–Crippen LogP) is 1.79. The van der Waals surface area contributed by atoms with Crippen LogP contribution in [0.15, 0.2) is 24.1 Å². The molecule has 0 fully saturated rings. The quantitative estimate of drug-likeness (QED) is 0.395. The summed E-state index contributed by atoms with van der Waals surface area (Å²) in [6.07, 6.45) is 1.30. The molecule has 0 atom stereocenters. The molecule has 0 bridgehead atoms. The number of thiophene rings is 1. The number of nitriles is 1. The minimum atomic E-state index is -0.694. The van der Waals surface area contributed by atoms with Crippen LogP contribution in [0.25, 0.3) is 5.57 Å². The van der Waals surface area contributed by atoms with E-state index in [1.807, 2.05) is 5.38 Å². The maximum Gasteiger partial charge on any atom is 0.354 e. The van der Waals surface area contributed by atoms with Gasteiger partial charge in [-0.3, -0.25) is 0 Å². The monoisotopic (exact) mass is 179 g/mol. The first kappa shape index (κ1) is 8.50. The van der Waals surface area contributed by atoms with E-state index in [2.05, 4.69) is 11.3 Å². The highest BCUT2D eigenvalue weighted by molar-refractivity contribution is 7.11. The van der Waals surface area contributed by atoms with Gasteiger partial charge in [-0.05, 0) is 11.4 Å². The van der Waals surface area contributed by atoms with Crippen molar-refractivity contribution in [3.05, 3.63) is 29.0 Å². The van der Waals surface area contributed by atoms with Crippen molar-refractivity contribution in [1.82, 2.24) is 0 Å². The van der Waals surface area contributed by atoms with Crippen LogP contribution in [0.3, 0.4) is 0 Å². The Morgan fingerprint density at radius 1 is 1.75 bits per heavy atom. The smallest absolute Gasteiger partial charge is 0.347 e. The van der Waals surface area contributed by atoms with Gasteiger partial charge in [0.25, 0.3) is 6.26 Å². The number of rotatable bonds is 2. The van der Waals surface area contributed by atoms with Crippen molar-refractivity contribution < 1.29 is 9.53 Å². The van der Waals surface area contributed by atoms with Crippen LogP contribution < -0.4 is 0 Å². The Hall–Kier alpha value is -1.60. The Kier molecular flexibility index (Phi) is 2.62. The van der Waals surface area contributed by atoms with Gasteiger partial charge in [-0.25, -0.2) is 4.79 Å². The van der Waals surface area contributed by atoms with E-state index >= 15 is 0 Å². The summed E-state index contributed by atoms with van der Waals surface area (Å²) in [5, 5.41) is 9.87. The molecule has 60 valence electrons. The molecule has 0 aliphatic rings. The molecule has 1 rings (SSSR count). The van der Waals surface area contributed by atoms with E-state index in [1.54, 1.807) is 12.1 Å². The number of carbonyl (C=O) groups is 1. The lowest BCUT2D eigenvalue weighted by molar-refractivity contribution is -0.130. The number of ether oxygens (including phenoxy) is 1. The third-order valence-corrected chi connectivity index (χ3v) is 2.13. The fraction of sp³-hybridized carbons (Fsp3) is 0. The van der Waals surface area contributed by atoms with Gasteiger partial charge in [0, 0.05) is 4.88 Å². The van der Waals surface area contributed by atoms with Crippen LogP contribution in [-0.4, -0.2) is 5.97 Å². The van der Waals surface area contributed by atoms with Crippen molar-refractivity contribution in [2.45, 2.75) is 0 Å². The first-order valence-electron chi connectivity index (χ1n) is 3.08. The largest absolute Gasteiger partial charge is 0.354 e. The third-order valence-electron chi connectivity index (χ3n) is 1.20. The van der Waals surface area contributed by atoms with E-state index in [9.17, 15) is 4.79 Å². The second-order valence-electron chi connectivity index (χ2n) is 1.94. The van der Waals surface area contributed by atoms with Crippen molar-refractivity contribution in [2.75, 3.05) is 0 Å². The summed E-state index contributed by atoms with van der Waals surface area (Å²) in [6.45, 7) is 3.50. The fourth-order valence-corrected chi connectivity index (χ4v) is 1.34. The SMILES string of the molecule is C=C(C(=O)OC#N)c1cccs1. The van der Waals surface area contributed by atoms with Gasteiger partial charge in [0.05, 0.1) is 5.57 Å². The summed E-state index contributed by atoms with van der Waals surface area (Å²) in [5.74, 6) is -0.694. The van der Waals surface area contributed by atoms with Gasteiger partial charge in [-0.1, -0.05) is 12.6 Å². The standard InChI is InChI=1S/C8H5NO2S/c1-6(8(10)11-5-9)7-3-2-4-12-7/h2-4H,1H2. The van der Waals surface area contributed by atoms with Crippen molar-refractivity contribution >= 4 is 22.9 Å². The van der Waals surface area contributed by atoms with E-state index in [0.29, 0.717) is 0 Å². The van der Waals surface area contributed by atoms with Crippen molar-refractivity contribution in [2.24, 2.45) is 0 Å². The molecule has 0 N–H and O–H groups in total. The molecule has 0 unspecified atom stereocenters. The van der Waals surface area contributed by atoms with E-state index in [-0.39, 0.29) is 5.57 Å². The second-order valence-corrected chi connectivity index (χ2v) is 2.88. The van der Waals surface area contributed by atoms with Crippen LogP contribution in [0, 0.1) is 11.5 Å². The van der Waals surface area contributed by atoms with Gasteiger partial charge in [0.15, 0.2) is 0 Å². The van der Waals surface area contributed by atoms with E-state index < -0.39 is 5.97 Å². The lowest BCUT2D eigenvalue weighted by Gasteiger charge is -1.95. The first-order chi connectivity index (χ1) is 5.75. The second kappa shape index (κ2) is 3.69. The minimum Gasteiger partial charge on any atom is -0.347 e. The summed E-state index contributed by atoms with van der Waals surface area (Å²) in [6, 6.07) is 3.54. The molecule has 0 amide bonds. The summed E-state index contributed by atoms with van der Waals surface area (Å²) in [5.41, 5.74) is 0.214. The number of esters is 1. The fourth-order valence-electron chi connectivity index (χ4n) is 0.654. The van der Waals surface area contributed by atoms with Gasteiger partial charge in [0.2, 0.25) is 0 Å². The molecule has 0 aliphatic carbocycles. The normalized spacial score (nSPS) is 8.58. The van der Waals surface area contributed by atoms with Gasteiger partial charge >= 0.3 is 5.97 Å². The molecule has 12 heavy (non-hydrogen) atoms. The average molecular weight is 179 g/mol. The Balaban J connectivity index is 2.74. The van der Waals surface area contributed by atoms with Gasteiger partial charge in [0.1, 0.15) is 0 Å². The zero-order valence-electron chi connectivity index (χ0n) is 6.11. The third kappa shape index (κ3) is 1.71. The summed E-state index contributed by atoms with van der Waals surface area (Å²) >= 11 is 1.38. The molecule has 0 saturated heterocycles. The highest BCUT2D eigenvalue weighted by Gasteiger charge is 2.11. The van der Waals surface area contributed by atoms with Crippen LogP contribution in [0.2, 0.25) is 0 Å². The van der Waals surface area contributed by atoms with Crippen molar-refractivity contribution in [3.63, 3.8) is 0 Å². The number of hydrogen-bond acceptors (Lipinski definition) is 4. The molecule has 1 aromatic rings. The molecule has 0 aliphatic heterocycles. The lowest BCUT2D eigenvalue weighted by Crippen LogP contribution is -2.00. The van der Waals surface area contributed by atoms with Gasteiger partial charge in [-0.2, -0.15) is 0 Å². The molecule has 0 aromatic carbocycles. The van der Waals surface area contributed by atoms with Crippen LogP contribution in [-0.2, 0) is 9.53 Å². The number of nitrogens with zero attached hydrogens (tertiary/aromatic N) is 1. The summed E-state index contributed by atoms with van der Waals surface area (Å²) in [4.78, 5) is 11.6. The Morgan fingerprint density at radius 2 is 2.50 bits per heavy atom. The van der Waals surface area contributed by atoms with E-state index in [0.717, 1.165) is 4.88 Å². The Labute approximate surface area is 73.5 Å². The van der Waals surface area contributed by atoms with Crippen molar-refractivity contribution in [1.29, 1.82) is 5.26 Å². The summed E-state index contributed by atoms with van der Waals surface area (Å²) < 4.78 is 4.10. The first-order valence-corrected chi connectivity index (χ1v) is 3.96. The van der Waals surface area contributed by atoms with Crippen molar-refractivity contribution in [3.8, 4) is 6.26 Å².